The quantitative estimate of drug-likeness (QED) is 0.513. The first-order valence-electron chi connectivity index (χ1n) is 6.13. The van der Waals surface area contributed by atoms with Crippen LogP contribution in [0.15, 0.2) is 0 Å². The molecule has 0 fully saturated rings. The second kappa shape index (κ2) is 8.98. The van der Waals surface area contributed by atoms with Crippen LogP contribution in [0.3, 0.4) is 0 Å². The Morgan fingerprint density at radius 3 is 1.88 bits per heavy atom. The Hall–Kier alpha value is -1.10. The molecule has 0 saturated heterocycles. The van der Waals surface area contributed by atoms with Gasteiger partial charge < -0.3 is 9.47 Å². The molecule has 0 saturated carbocycles. The van der Waals surface area contributed by atoms with Gasteiger partial charge in [-0.05, 0) is 26.3 Å². The molecule has 0 rings (SSSR count). The smallest absolute Gasteiger partial charge is 0.334 e. The molecule has 1 N–H and O–H groups in total. The van der Waals surface area contributed by atoms with Gasteiger partial charge in [-0.15, -0.1) is 0 Å². The van der Waals surface area contributed by atoms with Gasteiger partial charge in [0, 0.05) is 0 Å². The van der Waals surface area contributed by atoms with E-state index in [1.807, 2.05) is 6.92 Å². The zero-order valence-electron chi connectivity index (χ0n) is 11.1. The standard InChI is InChI=1S/C12H23NO4/c1-5-9(4)8-13-10(11(14)16-6-2)12(15)17-7-3/h9-10,13H,5-8H2,1-4H3. The van der Waals surface area contributed by atoms with Gasteiger partial charge in [0.2, 0.25) is 6.04 Å². The highest BCUT2D eigenvalue weighted by atomic mass is 16.6. The minimum Gasteiger partial charge on any atom is -0.464 e. The molecule has 0 aliphatic carbocycles. The maximum atomic E-state index is 11.6. The average Bonchev–Trinajstić information content (AvgIpc) is 2.29. The van der Waals surface area contributed by atoms with E-state index in [0.29, 0.717) is 12.5 Å². The van der Waals surface area contributed by atoms with Gasteiger partial charge in [0.25, 0.3) is 0 Å². The SMILES string of the molecule is CCOC(=O)C(NCC(C)CC)C(=O)OCC. The van der Waals surface area contributed by atoms with E-state index in [1.54, 1.807) is 13.8 Å². The molecule has 5 heteroatoms. The Bertz CT molecular complexity index is 225. The summed E-state index contributed by atoms with van der Waals surface area (Å²) in [5, 5.41) is 2.89. The van der Waals surface area contributed by atoms with Crippen LogP contribution >= 0.6 is 0 Å². The topological polar surface area (TPSA) is 64.6 Å². The van der Waals surface area contributed by atoms with Crippen molar-refractivity contribution in [3.8, 4) is 0 Å². The third-order valence-electron chi connectivity index (χ3n) is 2.41. The molecule has 0 bridgehead atoms. The summed E-state index contributed by atoms with van der Waals surface area (Å²) in [4.78, 5) is 23.1. The molecule has 0 spiro atoms. The van der Waals surface area contributed by atoms with Crippen LogP contribution in [-0.2, 0) is 19.1 Å². The molecule has 0 aromatic heterocycles. The fourth-order valence-electron chi connectivity index (χ4n) is 1.18. The van der Waals surface area contributed by atoms with Crippen molar-refractivity contribution in [2.24, 2.45) is 5.92 Å². The van der Waals surface area contributed by atoms with E-state index < -0.39 is 18.0 Å². The zero-order valence-corrected chi connectivity index (χ0v) is 11.1. The van der Waals surface area contributed by atoms with Gasteiger partial charge in [0.05, 0.1) is 13.2 Å². The van der Waals surface area contributed by atoms with Crippen molar-refractivity contribution in [1.29, 1.82) is 0 Å². The van der Waals surface area contributed by atoms with Crippen molar-refractivity contribution in [2.45, 2.75) is 40.2 Å². The van der Waals surface area contributed by atoms with Crippen molar-refractivity contribution in [3.63, 3.8) is 0 Å². The lowest BCUT2D eigenvalue weighted by Crippen LogP contribution is -2.47. The van der Waals surface area contributed by atoms with E-state index in [0.717, 1.165) is 6.42 Å². The Kier molecular flexibility index (Phi) is 8.40. The van der Waals surface area contributed by atoms with Crippen LogP contribution in [0, 0.1) is 5.92 Å². The van der Waals surface area contributed by atoms with E-state index in [1.165, 1.54) is 0 Å². The minimum absolute atomic E-state index is 0.250. The summed E-state index contributed by atoms with van der Waals surface area (Å²) in [6.07, 6.45) is 0.978. The summed E-state index contributed by atoms with van der Waals surface area (Å²) in [6, 6.07) is -1.01. The summed E-state index contributed by atoms with van der Waals surface area (Å²) in [6.45, 7) is 8.58. The Labute approximate surface area is 103 Å². The molecule has 0 aromatic rings. The second-order valence-corrected chi connectivity index (χ2v) is 3.86. The Balaban J connectivity index is 4.39. The molecular formula is C12H23NO4. The lowest BCUT2D eigenvalue weighted by molar-refractivity contribution is -0.158. The number of carbonyl (C=O) groups is 2. The summed E-state index contributed by atoms with van der Waals surface area (Å²) < 4.78 is 9.67. The maximum absolute atomic E-state index is 11.6. The Morgan fingerprint density at radius 2 is 1.53 bits per heavy atom. The van der Waals surface area contributed by atoms with E-state index in [2.05, 4.69) is 12.2 Å². The molecule has 0 aromatic carbocycles. The van der Waals surface area contributed by atoms with Crippen molar-refractivity contribution in [2.75, 3.05) is 19.8 Å². The van der Waals surface area contributed by atoms with Gasteiger partial charge in [0.15, 0.2) is 0 Å². The van der Waals surface area contributed by atoms with Gasteiger partial charge in [0.1, 0.15) is 0 Å². The normalized spacial score (nSPS) is 12.3. The Morgan fingerprint density at radius 1 is 1.06 bits per heavy atom. The zero-order chi connectivity index (χ0) is 13.3. The van der Waals surface area contributed by atoms with E-state index in [-0.39, 0.29) is 13.2 Å². The number of nitrogens with one attached hydrogen (secondary N) is 1. The molecule has 5 nitrogen and oxygen atoms in total. The third-order valence-corrected chi connectivity index (χ3v) is 2.41. The van der Waals surface area contributed by atoms with Gasteiger partial charge in [-0.25, -0.2) is 9.59 Å². The molecular weight excluding hydrogens is 222 g/mol. The first-order chi connectivity index (χ1) is 8.06. The van der Waals surface area contributed by atoms with Crippen molar-refractivity contribution >= 4 is 11.9 Å². The predicted octanol–water partition coefficient (Wildman–Crippen LogP) is 1.12. The molecule has 1 unspecified atom stereocenters. The van der Waals surface area contributed by atoms with E-state index >= 15 is 0 Å². The molecule has 1 atom stereocenters. The number of carbonyl (C=O) groups excluding carboxylic acids is 2. The van der Waals surface area contributed by atoms with Crippen molar-refractivity contribution in [3.05, 3.63) is 0 Å². The van der Waals surface area contributed by atoms with Gasteiger partial charge in [-0.1, -0.05) is 20.3 Å². The monoisotopic (exact) mass is 245 g/mol. The number of hydrogen-bond donors (Lipinski definition) is 1. The molecule has 0 heterocycles. The van der Waals surface area contributed by atoms with Gasteiger partial charge in [-0.3, -0.25) is 5.32 Å². The lowest BCUT2D eigenvalue weighted by Gasteiger charge is -2.17. The largest absolute Gasteiger partial charge is 0.464 e. The van der Waals surface area contributed by atoms with E-state index in [4.69, 9.17) is 9.47 Å². The highest BCUT2D eigenvalue weighted by Gasteiger charge is 2.29. The second-order valence-electron chi connectivity index (χ2n) is 3.86. The summed E-state index contributed by atoms with van der Waals surface area (Å²) in [7, 11) is 0. The van der Waals surface area contributed by atoms with E-state index in [9.17, 15) is 9.59 Å². The number of hydrogen-bond acceptors (Lipinski definition) is 5. The first kappa shape index (κ1) is 15.9. The van der Waals surface area contributed by atoms with Crippen molar-refractivity contribution in [1.82, 2.24) is 5.32 Å². The minimum atomic E-state index is -1.01. The number of esters is 2. The molecule has 0 aliphatic heterocycles. The van der Waals surface area contributed by atoms with Crippen LogP contribution in [0.4, 0.5) is 0 Å². The molecule has 0 amide bonds. The van der Waals surface area contributed by atoms with Crippen LogP contribution in [0.1, 0.15) is 34.1 Å². The average molecular weight is 245 g/mol. The maximum Gasteiger partial charge on any atom is 0.334 e. The molecule has 0 aliphatic rings. The van der Waals surface area contributed by atoms with Crippen LogP contribution in [-0.4, -0.2) is 37.7 Å². The highest BCUT2D eigenvalue weighted by molar-refractivity contribution is 5.99. The van der Waals surface area contributed by atoms with Crippen LogP contribution in [0.2, 0.25) is 0 Å². The van der Waals surface area contributed by atoms with Gasteiger partial charge >= 0.3 is 11.9 Å². The van der Waals surface area contributed by atoms with Gasteiger partial charge in [-0.2, -0.15) is 0 Å². The molecule has 0 radical (unpaired) electrons. The first-order valence-corrected chi connectivity index (χ1v) is 6.13. The van der Waals surface area contributed by atoms with Crippen LogP contribution < -0.4 is 5.32 Å². The van der Waals surface area contributed by atoms with Crippen molar-refractivity contribution < 1.29 is 19.1 Å². The van der Waals surface area contributed by atoms with Crippen LogP contribution in [0.25, 0.3) is 0 Å². The number of rotatable bonds is 8. The predicted molar refractivity (Wildman–Crippen MR) is 64.5 cm³/mol. The molecule has 17 heavy (non-hydrogen) atoms. The third kappa shape index (κ3) is 6.26. The fraction of sp³-hybridized carbons (Fsp3) is 0.833. The molecule has 100 valence electrons. The summed E-state index contributed by atoms with van der Waals surface area (Å²) >= 11 is 0. The fourth-order valence-corrected chi connectivity index (χ4v) is 1.18. The van der Waals surface area contributed by atoms with Crippen LogP contribution in [0.5, 0.6) is 0 Å². The highest BCUT2D eigenvalue weighted by Crippen LogP contribution is 2.01. The summed E-state index contributed by atoms with van der Waals surface area (Å²) in [5.74, 6) is -0.759. The summed E-state index contributed by atoms with van der Waals surface area (Å²) in [5.41, 5.74) is 0. The number of ether oxygens (including phenoxy) is 2. The lowest BCUT2D eigenvalue weighted by atomic mass is 10.1.